The van der Waals surface area contributed by atoms with Crippen molar-refractivity contribution >= 4 is 17.4 Å². The van der Waals surface area contributed by atoms with Gasteiger partial charge in [-0.25, -0.2) is 9.97 Å². The third-order valence-corrected chi connectivity index (χ3v) is 4.10. The van der Waals surface area contributed by atoms with Crippen LogP contribution < -0.4 is 10.6 Å². The molecule has 5 nitrogen and oxygen atoms in total. The van der Waals surface area contributed by atoms with Crippen LogP contribution in [0.4, 0.5) is 11.5 Å². The summed E-state index contributed by atoms with van der Waals surface area (Å²) in [7, 11) is 0. The number of hydrogen-bond donors (Lipinski definition) is 2. The van der Waals surface area contributed by atoms with Crippen molar-refractivity contribution in [2.45, 2.75) is 53.4 Å². The largest absolute Gasteiger partial charge is 0.351 e. The number of aryl methyl sites for hydroxylation is 1. The van der Waals surface area contributed by atoms with E-state index in [1.807, 2.05) is 12.1 Å². The first-order valence-electron chi connectivity index (χ1n) is 9.16. The minimum absolute atomic E-state index is 0.116. The Balaban J connectivity index is 2.10. The maximum absolute atomic E-state index is 12.3. The van der Waals surface area contributed by atoms with Crippen LogP contribution >= 0.6 is 0 Å². The second-order valence-electron chi connectivity index (χ2n) is 8.08. The number of amides is 1. The average Bonchev–Trinajstić information content (AvgIpc) is 2.53. The molecule has 2 rings (SSSR count). The number of aromatic nitrogens is 2. The van der Waals surface area contributed by atoms with E-state index in [4.69, 9.17) is 0 Å². The summed E-state index contributed by atoms with van der Waals surface area (Å²) in [6, 6.07) is 9.96. The lowest BCUT2D eigenvalue weighted by Crippen LogP contribution is -2.26. The summed E-state index contributed by atoms with van der Waals surface area (Å²) in [4.78, 5) is 21.0. The van der Waals surface area contributed by atoms with E-state index in [0.29, 0.717) is 29.8 Å². The number of carbonyl (C=O) groups is 1. The molecule has 2 N–H and O–H groups in total. The first kappa shape index (κ1) is 19.9. The van der Waals surface area contributed by atoms with Gasteiger partial charge in [0.2, 0.25) is 0 Å². The summed E-state index contributed by atoms with van der Waals surface area (Å²) in [6.07, 6.45) is 0.945. The Bertz CT molecular complexity index is 746. The predicted molar refractivity (Wildman–Crippen MR) is 107 cm³/mol. The molecular weight excluding hydrogens is 324 g/mol. The van der Waals surface area contributed by atoms with E-state index in [1.54, 1.807) is 13.0 Å². The molecular formula is C21H30N4O. The first-order valence-corrected chi connectivity index (χ1v) is 9.16. The Morgan fingerprint density at radius 3 is 2.35 bits per heavy atom. The van der Waals surface area contributed by atoms with Crippen LogP contribution in [0.1, 0.15) is 62.9 Å². The quantitative estimate of drug-likeness (QED) is 0.795. The van der Waals surface area contributed by atoms with Gasteiger partial charge in [-0.05, 0) is 42.4 Å². The van der Waals surface area contributed by atoms with Gasteiger partial charge in [-0.15, -0.1) is 0 Å². The van der Waals surface area contributed by atoms with Crippen LogP contribution in [0, 0.1) is 12.8 Å². The molecule has 0 atom stereocenters. The Morgan fingerprint density at radius 1 is 1.12 bits per heavy atom. The zero-order valence-electron chi connectivity index (χ0n) is 16.7. The van der Waals surface area contributed by atoms with Crippen molar-refractivity contribution in [3.8, 4) is 0 Å². The van der Waals surface area contributed by atoms with Gasteiger partial charge in [-0.3, -0.25) is 4.79 Å². The number of benzene rings is 1. The van der Waals surface area contributed by atoms with Gasteiger partial charge in [-0.1, -0.05) is 46.8 Å². The fourth-order valence-corrected chi connectivity index (χ4v) is 2.51. The first-order chi connectivity index (χ1) is 12.1. The van der Waals surface area contributed by atoms with E-state index in [0.717, 1.165) is 12.1 Å². The van der Waals surface area contributed by atoms with Gasteiger partial charge in [0.1, 0.15) is 17.3 Å². The van der Waals surface area contributed by atoms with E-state index in [1.165, 1.54) is 5.56 Å². The van der Waals surface area contributed by atoms with Crippen LogP contribution in [-0.2, 0) is 5.41 Å². The van der Waals surface area contributed by atoms with Crippen LogP contribution in [0.2, 0.25) is 0 Å². The molecule has 140 valence electrons. The molecule has 1 aromatic heterocycles. The van der Waals surface area contributed by atoms with E-state index in [2.05, 4.69) is 67.4 Å². The Labute approximate surface area is 156 Å². The summed E-state index contributed by atoms with van der Waals surface area (Å²) < 4.78 is 0. The lowest BCUT2D eigenvalue weighted by atomic mass is 9.87. The second kappa shape index (κ2) is 8.30. The van der Waals surface area contributed by atoms with Gasteiger partial charge in [0, 0.05) is 18.3 Å². The topological polar surface area (TPSA) is 66.9 Å². The SMILES string of the molecule is Cc1nc(Nc2ccc(C(C)(C)C)cc2)cc(C(=O)NCCC(C)C)n1. The molecule has 1 heterocycles. The zero-order chi connectivity index (χ0) is 19.3. The number of carbonyl (C=O) groups excluding carboxylic acids is 1. The third kappa shape index (κ3) is 5.83. The highest BCUT2D eigenvalue weighted by Crippen LogP contribution is 2.24. The van der Waals surface area contributed by atoms with Gasteiger partial charge in [0.15, 0.2) is 0 Å². The standard InChI is InChI=1S/C21H30N4O/c1-14(2)11-12-22-20(26)18-13-19(24-15(3)23-18)25-17-9-7-16(8-10-17)21(4,5)6/h7-10,13-14H,11-12H2,1-6H3,(H,22,26)(H,23,24,25). The van der Waals surface area contributed by atoms with Crippen molar-refractivity contribution in [3.05, 3.63) is 47.4 Å². The van der Waals surface area contributed by atoms with E-state index >= 15 is 0 Å². The lowest BCUT2D eigenvalue weighted by Gasteiger charge is -2.19. The van der Waals surface area contributed by atoms with Gasteiger partial charge in [0.05, 0.1) is 0 Å². The van der Waals surface area contributed by atoms with Crippen molar-refractivity contribution in [1.29, 1.82) is 0 Å². The number of nitrogens with one attached hydrogen (secondary N) is 2. The van der Waals surface area contributed by atoms with Crippen LogP contribution in [-0.4, -0.2) is 22.4 Å². The van der Waals surface area contributed by atoms with Gasteiger partial charge in [0.25, 0.3) is 5.91 Å². The van der Waals surface area contributed by atoms with Crippen LogP contribution in [0.5, 0.6) is 0 Å². The molecule has 1 aromatic carbocycles. The highest BCUT2D eigenvalue weighted by molar-refractivity contribution is 5.93. The fraction of sp³-hybridized carbons (Fsp3) is 0.476. The van der Waals surface area contributed by atoms with Gasteiger partial charge < -0.3 is 10.6 Å². The molecule has 0 bridgehead atoms. The van der Waals surface area contributed by atoms with Crippen molar-refractivity contribution in [1.82, 2.24) is 15.3 Å². The summed E-state index contributed by atoms with van der Waals surface area (Å²) in [5.41, 5.74) is 2.70. The second-order valence-corrected chi connectivity index (χ2v) is 8.08. The molecule has 0 radical (unpaired) electrons. The maximum atomic E-state index is 12.3. The zero-order valence-corrected chi connectivity index (χ0v) is 16.7. The van der Waals surface area contributed by atoms with Crippen molar-refractivity contribution in [3.63, 3.8) is 0 Å². The summed E-state index contributed by atoms with van der Waals surface area (Å²) in [5, 5.41) is 6.18. The Morgan fingerprint density at radius 2 is 1.77 bits per heavy atom. The molecule has 26 heavy (non-hydrogen) atoms. The monoisotopic (exact) mass is 354 g/mol. The Hall–Kier alpha value is -2.43. The van der Waals surface area contributed by atoms with Crippen LogP contribution in [0.25, 0.3) is 0 Å². The molecule has 1 amide bonds. The smallest absolute Gasteiger partial charge is 0.270 e. The van der Waals surface area contributed by atoms with Crippen LogP contribution in [0.3, 0.4) is 0 Å². The molecule has 0 saturated heterocycles. The van der Waals surface area contributed by atoms with E-state index < -0.39 is 0 Å². The number of anilines is 2. The predicted octanol–water partition coefficient (Wildman–Crippen LogP) is 4.60. The molecule has 0 aliphatic rings. The third-order valence-electron chi connectivity index (χ3n) is 4.10. The summed E-state index contributed by atoms with van der Waals surface area (Å²) in [6.45, 7) is 13.3. The maximum Gasteiger partial charge on any atom is 0.270 e. The number of hydrogen-bond acceptors (Lipinski definition) is 4. The van der Waals surface area contributed by atoms with Gasteiger partial charge >= 0.3 is 0 Å². The molecule has 5 heteroatoms. The molecule has 0 unspecified atom stereocenters. The molecule has 0 spiro atoms. The molecule has 2 aromatic rings. The fourth-order valence-electron chi connectivity index (χ4n) is 2.51. The van der Waals surface area contributed by atoms with Gasteiger partial charge in [-0.2, -0.15) is 0 Å². The molecule has 0 aliphatic carbocycles. The highest BCUT2D eigenvalue weighted by Gasteiger charge is 2.14. The molecule has 0 aliphatic heterocycles. The van der Waals surface area contributed by atoms with Crippen molar-refractivity contribution in [2.24, 2.45) is 5.92 Å². The minimum Gasteiger partial charge on any atom is -0.351 e. The molecule has 0 saturated carbocycles. The highest BCUT2D eigenvalue weighted by atomic mass is 16.1. The Kier molecular flexibility index (Phi) is 6.35. The van der Waals surface area contributed by atoms with E-state index in [9.17, 15) is 4.79 Å². The van der Waals surface area contributed by atoms with Crippen molar-refractivity contribution in [2.75, 3.05) is 11.9 Å². The molecule has 0 fully saturated rings. The summed E-state index contributed by atoms with van der Waals surface area (Å²) >= 11 is 0. The summed E-state index contributed by atoms with van der Waals surface area (Å²) in [5.74, 6) is 1.57. The van der Waals surface area contributed by atoms with Crippen molar-refractivity contribution < 1.29 is 4.79 Å². The van der Waals surface area contributed by atoms with Crippen LogP contribution in [0.15, 0.2) is 30.3 Å². The van der Waals surface area contributed by atoms with E-state index in [-0.39, 0.29) is 11.3 Å². The normalized spacial score (nSPS) is 11.5. The lowest BCUT2D eigenvalue weighted by molar-refractivity contribution is 0.0946. The number of rotatable bonds is 6. The number of nitrogens with zero attached hydrogens (tertiary/aromatic N) is 2. The minimum atomic E-state index is -0.165. The average molecular weight is 354 g/mol.